The third-order valence-corrected chi connectivity index (χ3v) is 5.30. The van der Waals surface area contributed by atoms with E-state index in [1.807, 2.05) is 19.1 Å². The van der Waals surface area contributed by atoms with Gasteiger partial charge in [-0.2, -0.15) is 0 Å². The van der Waals surface area contributed by atoms with Gasteiger partial charge in [-0.1, -0.05) is 30.3 Å². The highest BCUT2D eigenvalue weighted by molar-refractivity contribution is 7.16. The molecule has 3 rings (SSSR count). The summed E-state index contributed by atoms with van der Waals surface area (Å²) >= 11 is 1.45. The predicted molar refractivity (Wildman–Crippen MR) is 112 cm³/mol. The molecule has 0 radical (unpaired) electrons. The Balaban J connectivity index is 1.66. The maximum Gasteiger partial charge on any atom is 0.213 e. The number of amidine groups is 1. The van der Waals surface area contributed by atoms with Crippen LogP contribution in [-0.2, 0) is 9.53 Å². The quantitative estimate of drug-likeness (QED) is 0.428. The van der Waals surface area contributed by atoms with Gasteiger partial charge in [0, 0.05) is 12.4 Å². The Bertz CT molecular complexity index is 799. The zero-order valence-corrected chi connectivity index (χ0v) is 16.2. The Kier molecular flexibility index (Phi) is 7.24. The zero-order valence-electron chi connectivity index (χ0n) is 15.4. The largest absolute Gasteiger partial charge is 0.370 e. The number of carbonyl (C=O) groups is 1. The molecule has 1 amide bonds. The van der Waals surface area contributed by atoms with Crippen LogP contribution >= 0.6 is 11.3 Å². The van der Waals surface area contributed by atoms with Gasteiger partial charge in [-0.15, -0.1) is 0 Å². The Morgan fingerprint density at radius 2 is 2.30 bits per heavy atom. The molecular formula is C20H24N4O2S. The smallest absolute Gasteiger partial charge is 0.213 e. The summed E-state index contributed by atoms with van der Waals surface area (Å²) in [6.45, 7) is 2.32. The summed E-state index contributed by atoms with van der Waals surface area (Å²) in [4.78, 5) is 24.8. The number of ether oxygens (including phenoxy) is 1. The average molecular weight is 385 g/mol. The molecule has 6 nitrogen and oxygen atoms in total. The van der Waals surface area contributed by atoms with Crippen LogP contribution in [0.25, 0.3) is 12.2 Å². The fourth-order valence-electron chi connectivity index (χ4n) is 3.05. The predicted octanol–water partition coefficient (Wildman–Crippen LogP) is 4.47. The number of allylic oxidation sites excluding steroid dienone is 3. The molecule has 0 aromatic carbocycles. The van der Waals surface area contributed by atoms with Crippen LogP contribution in [0.5, 0.6) is 0 Å². The van der Waals surface area contributed by atoms with Gasteiger partial charge in [0.25, 0.3) is 0 Å². The van der Waals surface area contributed by atoms with Crippen LogP contribution in [0.1, 0.15) is 49.6 Å². The second-order valence-electron chi connectivity index (χ2n) is 6.32. The minimum absolute atomic E-state index is 0.347. The molecule has 0 spiro atoms. The molecule has 0 unspecified atom stereocenters. The lowest BCUT2D eigenvalue weighted by Crippen LogP contribution is -2.14. The second kappa shape index (κ2) is 10.1. The van der Waals surface area contributed by atoms with Gasteiger partial charge in [0.05, 0.1) is 16.7 Å². The van der Waals surface area contributed by atoms with Gasteiger partial charge in [0.1, 0.15) is 6.61 Å². The molecule has 0 aliphatic heterocycles. The summed E-state index contributed by atoms with van der Waals surface area (Å²) in [6.07, 6.45) is 18.2. The van der Waals surface area contributed by atoms with E-state index in [1.54, 1.807) is 12.4 Å². The van der Waals surface area contributed by atoms with E-state index in [-0.39, 0.29) is 0 Å². The van der Waals surface area contributed by atoms with Gasteiger partial charge in [0.2, 0.25) is 6.41 Å². The molecule has 142 valence electrons. The first-order valence-corrected chi connectivity index (χ1v) is 10.0. The van der Waals surface area contributed by atoms with Crippen molar-refractivity contribution in [2.75, 3.05) is 11.9 Å². The number of aliphatic imine (C=N–C) groups is 2. The van der Waals surface area contributed by atoms with E-state index < -0.39 is 0 Å². The van der Waals surface area contributed by atoms with Crippen molar-refractivity contribution in [2.45, 2.75) is 45.1 Å². The second-order valence-corrected chi connectivity index (χ2v) is 7.35. The number of fused-ring (bicyclic) bond motifs is 1. The molecule has 2 aliphatic carbocycles. The standard InChI is InChI=1S/C20H24N4O2S/c1-2-21-19(13-26-16-7-3-4-8-16)22-11-10-15-6-5-9-17-18(12-15)27-20(24-17)23-14-25/h2,5,9-12,14,16H,3-4,6-8,13H2,1H3,(H,23,24,25)/b11-10+,21-2-,22-19-. The number of amides is 1. The Morgan fingerprint density at radius 3 is 3.07 bits per heavy atom. The van der Waals surface area contributed by atoms with Crippen LogP contribution in [0.3, 0.4) is 0 Å². The van der Waals surface area contributed by atoms with Crippen molar-refractivity contribution >= 4 is 47.1 Å². The number of thiazole rings is 1. The maximum atomic E-state index is 10.6. The molecular weight excluding hydrogens is 360 g/mol. The van der Waals surface area contributed by atoms with E-state index in [4.69, 9.17) is 4.74 Å². The Hall–Kier alpha value is -2.38. The van der Waals surface area contributed by atoms with E-state index in [0.29, 0.717) is 30.1 Å². The van der Waals surface area contributed by atoms with Crippen molar-refractivity contribution < 1.29 is 9.53 Å². The third kappa shape index (κ3) is 5.80. The summed E-state index contributed by atoms with van der Waals surface area (Å²) in [5.74, 6) is 0.682. The molecule has 0 saturated heterocycles. The molecule has 1 aromatic rings. The number of carbonyl (C=O) groups excluding carboxylic acids is 1. The van der Waals surface area contributed by atoms with E-state index >= 15 is 0 Å². The van der Waals surface area contributed by atoms with E-state index in [0.717, 1.165) is 35.4 Å². The lowest BCUT2D eigenvalue weighted by atomic mass is 10.2. The van der Waals surface area contributed by atoms with Crippen molar-refractivity contribution in [3.05, 3.63) is 34.5 Å². The number of rotatable bonds is 7. The molecule has 0 bridgehead atoms. The fourth-order valence-corrected chi connectivity index (χ4v) is 3.94. The van der Waals surface area contributed by atoms with Crippen molar-refractivity contribution in [1.82, 2.24) is 4.98 Å². The Labute approximate surface area is 163 Å². The minimum atomic E-state index is 0.347. The fraction of sp³-hybridized carbons (Fsp3) is 0.400. The average Bonchev–Trinajstić information content (AvgIpc) is 3.26. The highest BCUT2D eigenvalue weighted by Gasteiger charge is 2.15. The SMILES string of the molecule is C\C=N/C(COC1CCCC1)=N\C=C\C1=Cc2sc(NC=O)nc2C=CC1. The number of hydrogen-bond donors (Lipinski definition) is 1. The van der Waals surface area contributed by atoms with Gasteiger partial charge < -0.3 is 10.1 Å². The van der Waals surface area contributed by atoms with E-state index in [1.165, 1.54) is 24.2 Å². The first-order valence-electron chi connectivity index (χ1n) is 9.20. The molecule has 1 saturated carbocycles. The molecule has 2 aliphatic rings. The molecule has 1 aromatic heterocycles. The van der Waals surface area contributed by atoms with Crippen LogP contribution in [0, 0.1) is 0 Å². The summed E-state index contributed by atoms with van der Waals surface area (Å²) in [5, 5.41) is 3.20. The van der Waals surface area contributed by atoms with Crippen LogP contribution in [0.15, 0.2) is 33.9 Å². The number of nitrogens with one attached hydrogen (secondary N) is 1. The van der Waals surface area contributed by atoms with Crippen LogP contribution < -0.4 is 5.32 Å². The Morgan fingerprint density at radius 1 is 1.44 bits per heavy atom. The monoisotopic (exact) mass is 384 g/mol. The van der Waals surface area contributed by atoms with Gasteiger partial charge >= 0.3 is 0 Å². The normalized spacial score (nSPS) is 18.1. The zero-order chi connectivity index (χ0) is 18.9. The van der Waals surface area contributed by atoms with Gasteiger partial charge in [-0.3, -0.25) is 4.79 Å². The van der Waals surface area contributed by atoms with Crippen LogP contribution in [-0.4, -0.2) is 36.2 Å². The van der Waals surface area contributed by atoms with Crippen molar-refractivity contribution in [2.24, 2.45) is 9.98 Å². The molecule has 1 heterocycles. The number of nitrogens with zero attached hydrogens (tertiary/aromatic N) is 3. The van der Waals surface area contributed by atoms with Gasteiger partial charge in [-0.05, 0) is 50.0 Å². The van der Waals surface area contributed by atoms with E-state index in [2.05, 4.69) is 32.4 Å². The van der Waals surface area contributed by atoms with E-state index in [9.17, 15) is 4.79 Å². The lowest BCUT2D eigenvalue weighted by Gasteiger charge is -2.09. The van der Waals surface area contributed by atoms with Crippen molar-refractivity contribution in [3.8, 4) is 0 Å². The summed E-state index contributed by atoms with van der Waals surface area (Å²) < 4.78 is 5.91. The number of aromatic nitrogens is 1. The summed E-state index contributed by atoms with van der Waals surface area (Å²) in [6, 6.07) is 0. The summed E-state index contributed by atoms with van der Waals surface area (Å²) in [7, 11) is 0. The third-order valence-electron chi connectivity index (χ3n) is 4.35. The molecule has 0 atom stereocenters. The molecule has 1 N–H and O–H groups in total. The topological polar surface area (TPSA) is 75.9 Å². The highest BCUT2D eigenvalue weighted by atomic mass is 32.1. The maximum absolute atomic E-state index is 10.6. The van der Waals surface area contributed by atoms with Gasteiger partial charge in [0.15, 0.2) is 11.0 Å². The molecule has 7 heteroatoms. The lowest BCUT2D eigenvalue weighted by molar-refractivity contribution is -0.105. The van der Waals surface area contributed by atoms with Gasteiger partial charge in [-0.25, -0.2) is 15.0 Å². The van der Waals surface area contributed by atoms with Crippen LogP contribution in [0.4, 0.5) is 5.13 Å². The summed E-state index contributed by atoms with van der Waals surface area (Å²) in [5.41, 5.74) is 1.99. The van der Waals surface area contributed by atoms with Crippen molar-refractivity contribution in [1.29, 1.82) is 0 Å². The number of anilines is 1. The first-order chi connectivity index (χ1) is 13.3. The molecule has 27 heavy (non-hydrogen) atoms. The van der Waals surface area contributed by atoms with Crippen LogP contribution in [0.2, 0.25) is 0 Å². The highest BCUT2D eigenvalue weighted by Crippen LogP contribution is 2.29. The molecule has 1 fully saturated rings. The minimum Gasteiger partial charge on any atom is -0.370 e. The first kappa shape index (κ1) is 19.4. The number of hydrogen-bond acceptors (Lipinski definition) is 5. The van der Waals surface area contributed by atoms with Crippen molar-refractivity contribution in [3.63, 3.8) is 0 Å².